The van der Waals surface area contributed by atoms with Crippen LogP contribution in [0.4, 0.5) is 0 Å². The standard InChI is InChI=1S/C5H11NO.2C5H7NS.3CH4/c1-4(2)6-5(3)7;2*1-4-3-6-5(2)7-4;;;/h4H,1-3H3,(H,6,7);2*3H,1-2H3;3*1H4. The first-order valence-corrected chi connectivity index (χ1v) is 8.39. The number of hydrogen-bond acceptors (Lipinski definition) is 5. The van der Waals surface area contributed by atoms with E-state index in [4.69, 9.17) is 0 Å². The van der Waals surface area contributed by atoms with Gasteiger partial charge in [0.25, 0.3) is 0 Å². The van der Waals surface area contributed by atoms with E-state index >= 15 is 0 Å². The van der Waals surface area contributed by atoms with Crippen molar-refractivity contribution in [1.29, 1.82) is 0 Å². The Bertz CT molecular complexity index is 463. The molecule has 2 rings (SSSR count). The minimum absolute atomic E-state index is 0. The summed E-state index contributed by atoms with van der Waals surface area (Å²) in [6.07, 6.45) is 3.78. The number of carbonyl (C=O) groups is 1. The van der Waals surface area contributed by atoms with Gasteiger partial charge in [-0.05, 0) is 41.5 Å². The van der Waals surface area contributed by atoms with E-state index in [2.05, 4.69) is 29.1 Å². The molecule has 1 N–H and O–H groups in total. The summed E-state index contributed by atoms with van der Waals surface area (Å²) in [4.78, 5) is 20.8. The second-order valence-electron chi connectivity index (χ2n) is 4.84. The van der Waals surface area contributed by atoms with Crippen LogP contribution in [0.5, 0.6) is 0 Å². The smallest absolute Gasteiger partial charge is 0.217 e. The second kappa shape index (κ2) is 16.6. The van der Waals surface area contributed by atoms with Crippen molar-refractivity contribution in [2.45, 2.75) is 76.8 Å². The molecule has 0 saturated heterocycles. The van der Waals surface area contributed by atoms with Crippen LogP contribution in [0.25, 0.3) is 0 Å². The molecule has 0 aliphatic rings. The lowest BCUT2D eigenvalue weighted by molar-refractivity contribution is -0.119. The normalized spacial score (nSPS) is 8.17. The zero-order valence-electron chi connectivity index (χ0n) is 13.9. The molecule has 6 heteroatoms. The Labute approximate surface area is 157 Å². The minimum atomic E-state index is 0. The third-order valence-electron chi connectivity index (χ3n) is 1.97. The fourth-order valence-electron chi connectivity index (χ4n) is 1.34. The molecule has 142 valence electrons. The highest BCUT2D eigenvalue weighted by Crippen LogP contribution is 2.08. The number of aryl methyl sites for hydroxylation is 4. The van der Waals surface area contributed by atoms with Gasteiger partial charge in [0.05, 0.1) is 10.0 Å². The molecule has 0 aliphatic carbocycles. The molecule has 0 bridgehead atoms. The van der Waals surface area contributed by atoms with E-state index in [-0.39, 0.29) is 34.2 Å². The fourth-order valence-corrected chi connectivity index (χ4v) is 2.70. The topological polar surface area (TPSA) is 54.9 Å². The Morgan fingerprint density at radius 1 is 0.917 bits per heavy atom. The maximum Gasteiger partial charge on any atom is 0.217 e. The van der Waals surface area contributed by atoms with Gasteiger partial charge >= 0.3 is 0 Å². The second-order valence-corrected chi connectivity index (χ2v) is 7.71. The van der Waals surface area contributed by atoms with Crippen LogP contribution in [0.15, 0.2) is 12.4 Å². The SMILES string of the molecule is C.C.C.CC(=O)NC(C)C.Cc1cnc(C)s1.Cc1cnc(C)s1. The van der Waals surface area contributed by atoms with Crippen LogP contribution in [-0.2, 0) is 4.79 Å². The highest BCUT2D eigenvalue weighted by Gasteiger charge is 1.91. The van der Waals surface area contributed by atoms with E-state index in [9.17, 15) is 4.79 Å². The van der Waals surface area contributed by atoms with Crippen LogP contribution >= 0.6 is 22.7 Å². The van der Waals surface area contributed by atoms with Gasteiger partial charge in [0.15, 0.2) is 0 Å². The number of aromatic nitrogens is 2. The highest BCUT2D eigenvalue weighted by molar-refractivity contribution is 7.11. The van der Waals surface area contributed by atoms with Crippen molar-refractivity contribution < 1.29 is 4.79 Å². The lowest BCUT2D eigenvalue weighted by Crippen LogP contribution is -2.27. The molecule has 0 fully saturated rings. The van der Waals surface area contributed by atoms with Crippen molar-refractivity contribution >= 4 is 28.6 Å². The molecule has 0 aliphatic heterocycles. The summed E-state index contributed by atoms with van der Waals surface area (Å²) in [6.45, 7) is 13.5. The molecule has 1 amide bonds. The number of amides is 1. The van der Waals surface area contributed by atoms with Gasteiger partial charge in [-0.2, -0.15) is 0 Å². The summed E-state index contributed by atoms with van der Waals surface area (Å²) in [5.74, 6) is 0.0370. The van der Waals surface area contributed by atoms with Gasteiger partial charge in [-0.25, -0.2) is 9.97 Å². The third kappa shape index (κ3) is 18.8. The van der Waals surface area contributed by atoms with E-state index in [1.165, 1.54) is 16.7 Å². The van der Waals surface area contributed by atoms with Crippen LogP contribution in [0, 0.1) is 27.7 Å². The van der Waals surface area contributed by atoms with Crippen molar-refractivity contribution in [1.82, 2.24) is 15.3 Å². The van der Waals surface area contributed by atoms with E-state index in [0.29, 0.717) is 0 Å². The molecule has 0 aromatic carbocycles. The molecule has 0 saturated carbocycles. The predicted molar refractivity (Wildman–Crippen MR) is 112 cm³/mol. The maximum atomic E-state index is 10.1. The highest BCUT2D eigenvalue weighted by atomic mass is 32.1. The summed E-state index contributed by atoms with van der Waals surface area (Å²) < 4.78 is 0. The maximum absolute atomic E-state index is 10.1. The van der Waals surface area contributed by atoms with Crippen molar-refractivity contribution in [3.05, 3.63) is 32.2 Å². The third-order valence-corrected chi connectivity index (χ3v) is 3.62. The number of carbonyl (C=O) groups excluding carboxylic acids is 1. The molecule has 0 unspecified atom stereocenters. The number of thiazole rings is 2. The van der Waals surface area contributed by atoms with Crippen molar-refractivity contribution in [3.63, 3.8) is 0 Å². The van der Waals surface area contributed by atoms with Crippen LogP contribution in [0.1, 0.15) is 62.8 Å². The number of hydrogen-bond donors (Lipinski definition) is 1. The number of nitrogens with one attached hydrogen (secondary N) is 1. The van der Waals surface area contributed by atoms with Gasteiger partial charge in [-0.3, -0.25) is 4.79 Å². The Morgan fingerprint density at radius 3 is 1.29 bits per heavy atom. The summed E-state index contributed by atoms with van der Waals surface area (Å²) in [6, 6.07) is 0.275. The molecule has 0 atom stereocenters. The largest absolute Gasteiger partial charge is 0.354 e. The van der Waals surface area contributed by atoms with Crippen molar-refractivity contribution in [3.8, 4) is 0 Å². The van der Waals surface area contributed by atoms with E-state index < -0.39 is 0 Å². The van der Waals surface area contributed by atoms with E-state index in [1.807, 2.05) is 40.1 Å². The van der Waals surface area contributed by atoms with Gasteiger partial charge in [0.2, 0.25) is 5.91 Å². The fraction of sp³-hybridized carbons (Fsp3) is 0.611. The first-order valence-electron chi connectivity index (χ1n) is 6.75. The molecule has 0 spiro atoms. The van der Waals surface area contributed by atoms with E-state index in [0.717, 1.165) is 10.0 Å². The zero-order chi connectivity index (χ0) is 16.4. The molecule has 4 nitrogen and oxygen atoms in total. The summed E-state index contributed by atoms with van der Waals surface area (Å²) >= 11 is 3.46. The van der Waals surface area contributed by atoms with E-state index in [1.54, 1.807) is 22.7 Å². The minimum Gasteiger partial charge on any atom is -0.354 e. The predicted octanol–water partition coefficient (Wildman–Crippen LogP) is 5.96. The van der Waals surface area contributed by atoms with Crippen LogP contribution in [0.3, 0.4) is 0 Å². The summed E-state index contributed by atoms with van der Waals surface area (Å²) in [5, 5.41) is 4.97. The van der Waals surface area contributed by atoms with Crippen LogP contribution in [0.2, 0.25) is 0 Å². The molecule has 24 heavy (non-hydrogen) atoms. The first kappa shape index (κ1) is 30.6. The van der Waals surface area contributed by atoms with Gasteiger partial charge in [0.1, 0.15) is 0 Å². The number of nitrogens with zero attached hydrogens (tertiary/aromatic N) is 2. The average molecular weight is 376 g/mol. The average Bonchev–Trinajstić information content (AvgIpc) is 2.87. The monoisotopic (exact) mass is 375 g/mol. The first-order chi connectivity index (χ1) is 9.70. The van der Waals surface area contributed by atoms with Crippen LogP contribution < -0.4 is 5.32 Å². The van der Waals surface area contributed by atoms with Crippen molar-refractivity contribution in [2.75, 3.05) is 0 Å². The van der Waals surface area contributed by atoms with Gasteiger partial charge in [-0.15, -0.1) is 22.7 Å². The van der Waals surface area contributed by atoms with Gasteiger partial charge in [-0.1, -0.05) is 22.3 Å². The molecular weight excluding hydrogens is 338 g/mol. The quantitative estimate of drug-likeness (QED) is 0.669. The van der Waals surface area contributed by atoms with Gasteiger partial charge in [0, 0.05) is 35.1 Å². The molecule has 2 aromatic rings. The van der Waals surface area contributed by atoms with Crippen LogP contribution in [-0.4, -0.2) is 21.9 Å². The lowest BCUT2D eigenvalue weighted by atomic mass is 10.4. The zero-order valence-corrected chi connectivity index (χ0v) is 15.5. The van der Waals surface area contributed by atoms with Gasteiger partial charge < -0.3 is 5.32 Å². The Hall–Kier alpha value is -1.27. The molecular formula is C18H37N3OS2. The van der Waals surface area contributed by atoms with Crippen molar-refractivity contribution in [2.24, 2.45) is 0 Å². The number of rotatable bonds is 1. The Morgan fingerprint density at radius 2 is 1.25 bits per heavy atom. The molecule has 0 radical (unpaired) electrons. The Balaban J connectivity index is -0.000000118. The molecule has 2 heterocycles. The molecule has 2 aromatic heterocycles. The Kier molecular flexibility index (Phi) is 21.1. The summed E-state index contributed by atoms with van der Waals surface area (Å²) in [7, 11) is 0. The lowest BCUT2D eigenvalue weighted by Gasteiger charge is -2.02. The summed E-state index contributed by atoms with van der Waals surface area (Å²) in [5.41, 5.74) is 0.